The van der Waals surface area contributed by atoms with Crippen LogP contribution in [0.4, 0.5) is 4.79 Å². The first-order chi connectivity index (χ1) is 17.3. The van der Waals surface area contributed by atoms with Gasteiger partial charge in [-0.25, -0.2) is 4.79 Å². The van der Waals surface area contributed by atoms with Gasteiger partial charge in [-0.1, -0.05) is 37.6 Å². The van der Waals surface area contributed by atoms with Crippen LogP contribution in [0.5, 0.6) is 0 Å². The van der Waals surface area contributed by atoms with Gasteiger partial charge in [0.2, 0.25) is 0 Å². The van der Waals surface area contributed by atoms with E-state index < -0.39 is 5.60 Å². The van der Waals surface area contributed by atoms with E-state index in [4.69, 9.17) is 4.74 Å². The highest BCUT2D eigenvalue weighted by atomic mass is 16.6. The Kier molecular flexibility index (Phi) is 5.20. The second-order valence-electron chi connectivity index (χ2n) is 14.6. The number of rotatable bonds is 4. The predicted octanol–water partition coefficient (Wildman–Crippen LogP) is 7.14. The summed E-state index contributed by atoms with van der Waals surface area (Å²) in [5.41, 5.74) is 1.01. The molecule has 8 rings (SSSR count). The van der Waals surface area contributed by atoms with Crippen LogP contribution >= 0.6 is 0 Å². The minimum absolute atomic E-state index is 0.0568. The van der Waals surface area contributed by atoms with Crippen LogP contribution in [0.3, 0.4) is 0 Å². The second kappa shape index (κ2) is 7.96. The van der Waals surface area contributed by atoms with E-state index in [2.05, 4.69) is 37.4 Å². The Hall–Kier alpha value is -1.58. The van der Waals surface area contributed by atoms with E-state index in [1.54, 1.807) is 5.57 Å². The highest BCUT2D eigenvalue weighted by molar-refractivity contribution is 5.70. The summed E-state index contributed by atoms with van der Waals surface area (Å²) in [5, 5.41) is 3.45. The zero-order valence-corrected chi connectivity index (χ0v) is 22.4. The summed E-state index contributed by atoms with van der Waals surface area (Å²) in [6.45, 7) is 4.84. The van der Waals surface area contributed by atoms with Crippen molar-refractivity contribution in [2.75, 3.05) is 0 Å². The average Bonchev–Trinajstić information content (AvgIpc) is 3.09. The molecule has 6 atom stereocenters. The largest absolute Gasteiger partial charge is 0.442 e. The van der Waals surface area contributed by atoms with Gasteiger partial charge in [-0.15, -0.1) is 0 Å². The topological polar surface area (TPSA) is 55.4 Å². The van der Waals surface area contributed by atoms with Crippen molar-refractivity contribution in [3.63, 3.8) is 0 Å². The van der Waals surface area contributed by atoms with Gasteiger partial charge in [-0.05, 0) is 119 Å². The maximum absolute atomic E-state index is 13.6. The van der Waals surface area contributed by atoms with Crippen LogP contribution in [-0.4, -0.2) is 23.5 Å². The number of allylic oxidation sites excluding steroid dienone is 4. The SMILES string of the molecule is C[C@]12C=CCC=C1CC[C@@H]1[C@@H]2CC[C@@]2(C)[C@H]1CC[C@@]2(CC=O)OC(=O)NC12CC3CC(CC(C3)C1)C2. The third-order valence-corrected chi connectivity index (χ3v) is 13.0. The van der Waals surface area contributed by atoms with Crippen LogP contribution in [0.1, 0.15) is 104 Å². The number of ether oxygens (including phenoxy) is 1. The molecule has 0 aromatic carbocycles. The van der Waals surface area contributed by atoms with Gasteiger partial charge in [0.1, 0.15) is 11.9 Å². The highest BCUT2D eigenvalue weighted by Gasteiger charge is 2.66. The smallest absolute Gasteiger partial charge is 0.408 e. The molecule has 1 N–H and O–H groups in total. The van der Waals surface area contributed by atoms with Crippen LogP contribution in [0, 0.1) is 46.3 Å². The number of fused-ring (bicyclic) bond motifs is 5. The molecule has 0 saturated heterocycles. The maximum Gasteiger partial charge on any atom is 0.408 e. The van der Waals surface area contributed by atoms with Crippen molar-refractivity contribution < 1.29 is 14.3 Å². The molecule has 7 saturated carbocycles. The summed E-state index contributed by atoms with van der Waals surface area (Å²) in [6.07, 6.45) is 23.6. The van der Waals surface area contributed by atoms with Crippen molar-refractivity contribution >= 4 is 12.4 Å². The van der Waals surface area contributed by atoms with Crippen molar-refractivity contribution in [3.05, 3.63) is 23.8 Å². The molecule has 0 aromatic rings. The Morgan fingerprint density at radius 2 is 1.72 bits per heavy atom. The molecule has 0 unspecified atom stereocenters. The molecule has 0 heterocycles. The van der Waals surface area contributed by atoms with E-state index in [-0.39, 0.29) is 22.5 Å². The van der Waals surface area contributed by atoms with Gasteiger partial charge in [0.25, 0.3) is 0 Å². The summed E-state index contributed by atoms with van der Waals surface area (Å²) in [6, 6.07) is 0. The Bertz CT molecular complexity index is 978. The zero-order chi connectivity index (χ0) is 24.8. The van der Waals surface area contributed by atoms with Gasteiger partial charge in [0.15, 0.2) is 0 Å². The Balaban J connectivity index is 1.13. The van der Waals surface area contributed by atoms with E-state index in [9.17, 15) is 9.59 Å². The molecule has 0 aromatic heterocycles. The number of amides is 1. The van der Waals surface area contributed by atoms with Crippen LogP contribution < -0.4 is 5.32 Å². The van der Waals surface area contributed by atoms with E-state index in [1.165, 1.54) is 32.1 Å². The molecule has 8 aliphatic rings. The van der Waals surface area contributed by atoms with Crippen molar-refractivity contribution in [2.45, 2.75) is 115 Å². The first-order valence-corrected chi connectivity index (χ1v) is 15.1. The van der Waals surface area contributed by atoms with Crippen LogP contribution in [0.2, 0.25) is 0 Å². The fraction of sp³-hybridized carbons (Fsp3) is 0.812. The minimum atomic E-state index is -0.657. The minimum Gasteiger partial charge on any atom is -0.442 e. The molecule has 1 amide bonds. The Morgan fingerprint density at radius 3 is 2.42 bits per heavy atom. The molecular weight excluding hydrogens is 446 g/mol. The fourth-order valence-corrected chi connectivity index (χ4v) is 11.8. The molecule has 8 aliphatic carbocycles. The lowest BCUT2D eigenvalue weighted by Gasteiger charge is -2.59. The molecule has 0 radical (unpaired) electrons. The lowest BCUT2D eigenvalue weighted by molar-refractivity contribution is -0.138. The number of carbonyl (C=O) groups is 2. The van der Waals surface area contributed by atoms with Crippen molar-refractivity contribution in [3.8, 4) is 0 Å². The number of nitrogens with one attached hydrogen (secondary N) is 1. The molecule has 0 spiro atoms. The van der Waals surface area contributed by atoms with Gasteiger partial charge in [0.05, 0.1) is 0 Å². The normalized spacial score (nSPS) is 52.1. The van der Waals surface area contributed by atoms with E-state index in [0.29, 0.717) is 24.2 Å². The number of carbonyl (C=O) groups excluding carboxylic acids is 2. The Morgan fingerprint density at radius 1 is 1.03 bits per heavy atom. The third kappa shape index (κ3) is 3.24. The summed E-state index contributed by atoms with van der Waals surface area (Å²) in [7, 11) is 0. The summed E-state index contributed by atoms with van der Waals surface area (Å²) >= 11 is 0. The molecule has 36 heavy (non-hydrogen) atoms. The lowest BCUT2D eigenvalue weighted by atomic mass is 9.47. The second-order valence-corrected chi connectivity index (χ2v) is 14.6. The van der Waals surface area contributed by atoms with Gasteiger partial charge >= 0.3 is 6.09 Å². The maximum atomic E-state index is 13.6. The van der Waals surface area contributed by atoms with Gasteiger partial charge in [-0.2, -0.15) is 0 Å². The van der Waals surface area contributed by atoms with Crippen molar-refractivity contribution in [1.82, 2.24) is 5.32 Å². The van der Waals surface area contributed by atoms with E-state index >= 15 is 0 Å². The van der Waals surface area contributed by atoms with Crippen molar-refractivity contribution in [2.24, 2.45) is 46.3 Å². The molecule has 4 bridgehead atoms. The fourth-order valence-electron chi connectivity index (χ4n) is 11.8. The number of alkyl carbamates (subject to hydrolysis) is 1. The van der Waals surface area contributed by atoms with Crippen LogP contribution in [0.25, 0.3) is 0 Å². The van der Waals surface area contributed by atoms with Gasteiger partial charge < -0.3 is 14.8 Å². The average molecular weight is 492 g/mol. The van der Waals surface area contributed by atoms with Gasteiger partial charge in [-0.3, -0.25) is 0 Å². The molecule has 4 heteroatoms. The summed E-state index contributed by atoms with van der Waals surface area (Å²) in [5.74, 6) is 4.19. The van der Waals surface area contributed by atoms with E-state index in [1.807, 2.05) is 0 Å². The van der Waals surface area contributed by atoms with Crippen LogP contribution in [0.15, 0.2) is 23.8 Å². The molecular formula is C32H45NO3. The third-order valence-electron chi connectivity index (χ3n) is 13.0. The molecule has 196 valence electrons. The Labute approximate surface area is 217 Å². The highest BCUT2D eigenvalue weighted by Crippen LogP contribution is 2.68. The quantitative estimate of drug-likeness (QED) is 0.336. The van der Waals surface area contributed by atoms with Gasteiger partial charge in [0, 0.05) is 22.8 Å². The first kappa shape index (κ1) is 23.5. The zero-order valence-electron chi connectivity index (χ0n) is 22.4. The molecule has 0 aliphatic heterocycles. The summed E-state index contributed by atoms with van der Waals surface area (Å²) in [4.78, 5) is 25.7. The first-order valence-electron chi connectivity index (χ1n) is 15.1. The number of hydrogen-bond acceptors (Lipinski definition) is 3. The summed E-state index contributed by atoms with van der Waals surface area (Å²) < 4.78 is 6.56. The lowest BCUT2D eigenvalue weighted by Crippen LogP contribution is -2.62. The number of aldehydes is 1. The van der Waals surface area contributed by atoms with Crippen LogP contribution in [-0.2, 0) is 9.53 Å². The number of hydrogen-bond donors (Lipinski definition) is 1. The molecule has 7 fully saturated rings. The predicted molar refractivity (Wildman–Crippen MR) is 140 cm³/mol. The molecule has 4 nitrogen and oxygen atoms in total. The van der Waals surface area contributed by atoms with Crippen molar-refractivity contribution in [1.29, 1.82) is 0 Å². The monoisotopic (exact) mass is 491 g/mol. The standard InChI is InChI=1S/C32H45NO3/c1-29-10-4-3-5-24(29)6-7-25-26(29)8-11-30(2)27(25)9-12-32(30,13-14-34)36-28(35)33-31-18-21-15-22(19-31)17-23(16-21)20-31/h4-5,10,14,21-23,25-27H,3,6-9,11-13,15-20H2,1-2H3,(H,33,35)/t21?,22?,23?,25-,26+,27+,29+,30+,31?,32+/m1/s1. The van der Waals surface area contributed by atoms with E-state index in [0.717, 1.165) is 75.4 Å².